The zero-order valence-electron chi connectivity index (χ0n) is 6.36. The number of hydrogen-bond donors (Lipinski definition) is 0. The molecule has 14 heteroatoms. The molecule has 0 aliphatic rings. The molecule has 0 aliphatic carbocycles. The first-order chi connectivity index (χ1) is 7.00. The van der Waals surface area contributed by atoms with Crippen molar-refractivity contribution >= 4 is 0 Å². The summed E-state index contributed by atoms with van der Waals surface area (Å²) >= 11 is 5.25. The predicted molar refractivity (Wildman–Crippen MR) is 4.81 cm³/mol. The molecule has 0 heterocycles. The Morgan fingerprint density at radius 3 is 0.214 bits per heavy atom. The van der Waals surface area contributed by atoms with Crippen LogP contribution in [0.2, 0.25) is 0 Å². The summed E-state index contributed by atoms with van der Waals surface area (Å²) in [5, 5.41) is 0. The van der Waals surface area contributed by atoms with Gasteiger partial charge in [-0.25, -0.2) is 0 Å². The van der Waals surface area contributed by atoms with Crippen LogP contribution in [0.3, 0.4) is 0 Å². The molecule has 0 aliphatic heterocycles. The van der Waals surface area contributed by atoms with E-state index in [1.54, 1.807) is 0 Å². The summed E-state index contributed by atoms with van der Waals surface area (Å²) in [6, 6.07) is 0. The monoisotopic (exact) mass is 448 g/mol. The molecule has 0 radical (unpaired) electrons. The average molecular weight is 447 g/mol. The van der Waals surface area contributed by atoms with Gasteiger partial charge in [0.25, 0.3) is 0 Å². The Morgan fingerprint density at radius 2 is 0.214 bits per heavy atom. The van der Waals surface area contributed by atoms with E-state index in [9.17, 15) is 0 Å². The molecule has 14 heavy (non-hydrogen) atoms. The summed E-state index contributed by atoms with van der Waals surface area (Å²) in [7, 11) is 0. The molecule has 0 spiro atoms. The summed E-state index contributed by atoms with van der Waals surface area (Å²) < 4.78 is 57.8. The Hall–Kier alpha value is 3.60. The van der Waals surface area contributed by atoms with E-state index in [4.69, 9.17) is 23.3 Å². The van der Waals surface area contributed by atoms with E-state index in [0.29, 0.717) is 0 Å². The van der Waals surface area contributed by atoms with Gasteiger partial charge in [0.2, 0.25) is 0 Å². The van der Waals surface area contributed by atoms with Gasteiger partial charge in [0, 0.05) is 0 Å². The van der Waals surface area contributed by atoms with Gasteiger partial charge < -0.3 is 0 Å². The van der Waals surface area contributed by atoms with Crippen LogP contribution < -0.4 is 0 Å². The van der Waals surface area contributed by atoms with Gasteiger partial charge in [-0.2, -0.15) is 0 Å². The van der Waals surface area contributed by atoms with E-state index in [2.05, 4.69) is 0 Å². The fourth-order valence-electron chi connectivity index (χ4n) is 0. The first-order valence-electron chi connectivity index (χ1n) is 1.43. The van der Waals surface area contributed by atoms with Crippen molar-refractivity contribution in [3.8, 4) is 0 Å². The van der Waals surface area contributed by atoms with Crippen LogP contribution in [0.4, 0.5) is 0 Å². The molecule has 0 saturated carbocycles. The quantitative estimate of drug-likeness (QED) is 0.444. The van der Waals surface area contributed by atoms with E-state index in [-0.39, 0.29) is 0 Å². The Labute approximate surface area is 163 Å². The Morgan fingerprint density at radius 1 is 0.214 bits per heavy atom. The summed E-state index contributed by atoms with van der Waals surface area (Å²) in [5.41, 5.74) is 0. The summed E-state index contributed by atoms with van der Waals surface area (Å²) in [5.74, 6) is 0. The second kappa shape index (κ2) is 312. The van der Waals surface area contributed by atoms with E-state index < -0.39 is 0 Å². The van der Waals surface area contributed by atoms with Gasteiger partial charge in [-0.15, -0.1) is 0 Å². The molecular formula is O7Ti7. The van der Waals surface area contributed by atoms with Gasteiger partial charge in [-0.05, 0) is 0 Å². The minimum absolute atomic E-state index is 0.750. The third-order valence-electron chi connectivity index (χ3n) is 0. The molecule has 0 bridgehead atoms. The molecule has 0 aromatic carbocycles. The first-order valence-corrected chi connectivity index (χ1v) is 5.89. The third-order valence-corrected chi connectivity index (χ3v) is 0. The number of rotatable bonds is 0. The first kappa shape index (κ1) is 43.2. The van der Waals surface area contributed by atoms with Gasteiger partial charge in [0.15, 0.2) is 0 Å². The topological polar surface area (TPSA) is 119 Å². The van der Waals surface area contributed by atoms with Gasteiger partial charge in [-0.3, -0.25) is 0 Å². The zero-order chi connectivity index (χ0) is 14.0. The van der Waals surface area contributed by atoms with Crippen molar-refractivity contribution in [2.75, 3.05) is 0 Å². The van der Waals surface area contributed by atoms with E-state index in [1.807, 2.05) is 0 Å². The van der Waals surface area contributed by atoms with Crippen molar-refractivity contribution in [3.05, 3.63) is 0 Å². The fourth-order valence-corrected chi connectivity index (χ4v) is 0. The minimum atomic E-state index is 0.750. The predicted octanol–water partition coefficient (Wildman–Crippen LogP) is -0.849. The molecule has 0 unspecified atom stereocenters. The summed E-state index contributed by atoms with van der Waals surface area (Å²) in [6.45, 7) is 0. The summed E-state index contributed by atoms with van der Waals surface area (Å²) in [4.78, 5) is 0. The molecule has 7 nitrogen and oxygen atoms in total. The van der Waals surface area contributed by atoms with Crippen LogP contribution in [0.1, 0.15) is 0 Å². The Kier molecular flexibility index (Phi) is 961. The van der Waals surface area contributed by atoms with Crippen LogP contribution in [0.5, 0.6) is 0 Å². The Balaban J connectivity index is -0.00000000817. The zero-order valence-corrected chi connectivity index (χ0v) is 17.3. The molecule has 0 atom stereocenters. The standard InChI is InChI=1S/7O.7Ti. The van der Waals surface area contributed by atoms with Crippen LogP contribution in [0.25, 0.3) is 0 Å². The SMILES string of the molecule is [O]=[Ti].[O]=[Ti].[O]=[Ti].[O]=[Ti].[O]=[Ti].[O]=[Ti].[O]=[Ti]. The van der Waals surface area contributed by atoms with Crippen molar-refractivity contribution < 1.29 is 166 Å². The van der Waals surface area contributed by atoms with E-state index >= 15 is 0 Å². The van der Waals surface area contributed by atoms with E-state index in [1.165, 1.54) is 0 Å². The van der Waals surface area contributed by atoms with Crippen molar-refractivity contribution in [3.63, 3.8) is 0 Å². The Bertz CT molecular complexity index is 33.7. The van der Waals surface area contributed by atoms with Crippen molar-refractivity contribution in [1.82, 2.24) is 0 Å². The second-order valence-corrected chi connectivity index (χ2v) is 0. The molecule has 0 amide bonds. The molecule has 0 saturated heterocycles. The normalized spacial score (nSPS) is 1.50. The van der Waals surface area contributed by atoms with Gasteiger partial charge >= 0.3 is 166 Å². The van der Waals surface area contributed by atoms with Crippen LogP contribution in [0, 0.1) is 0 Å². The molecule has 0 fully saturated rings. The van der Waals surface area contributed by atoms with Crippen LogP contribution in [-0.4, -0.2) is 0 Å². The fraction of sp³-hybridized carbons (Fsp3) is 0. The van der Waals surface area contributed by atoms with Crippen molar-refractivity contribution in [2.24, 2.45) is 0 Å². The molecule has 0 aromatic rings. The molecule has 0 rings (SSSR count). The molecule has 0 N–H and O–H groups in total. The summed E-state index contributed by atoms with van der Waals surface area (Å²) in [6.07, 6.45) is 0. The van der Waals surface area contributed by atoms with Gasteiger partial charge in [0.05, 0.1) is 0 Å². The van der Waals surface area contributed by atoms with E-state index in [0.717, 1.165) is 143 Å². The second-order valence-electron chi connectivity index (χ2n) is 0. The van der Waals surface area contributed by atoms with Crippen LogP contribution in [-0.2, 0) is 166 Å². The van der Waals surface area contributed by atoms with Crippen LogP contribution >= 0.6 is 0 Å². The molecule has 70 valence electrons. The number of hydrogen-bond acceptors (Lipinski definition) is 7. The third kappa shape index (κ3) is 257. The maximum absolute atomic E-state index is 8.25. The van der Waals surface area contributed by atoms with Gasteiger partial charge in [-0.1, -0.05) is 0 Å². The molecule has 0 aromatic heterocycles. The maximum atomic E-state index is 8.25. The van der Waals surface area contributed by atoms with Gasteiger partial charge in [0.1, 0.15) is 0 Å². The van der Waals surface area contributed by atoms with Crippen molar-refractivity contribution in [2.45, 2.75) is 0 Å². The van der Waals surface area contributed by atoms with Crippen molar-refractivity contribution in [1.29, 1.82) is 0 Å². The molecular weight excluding hydrogens is 447 g/mol. The average Bonchev–Trinajstić information content (AvgIpc) is 2.45. The van der Waals surface area contributed by atoms with Crippen LogP contribution in [0.15, 0.2) is 0 Å².